The van der Waals surface area contributed by atoms with Crippen molar-refractivity contribution in [3.63, 3.8) is 0 Å². The third-order valence-corrected chi connectivity index (χ3v) is 5.72. The smallest absolute Gasteiger partial charge is 0.251 e. The Kier molecular flexibility index (Phi) is 8.65. The van der Waals surface area contributed by atoms with Crippen LogP contribution in [-0.4, -0.2) is 63.0 Å². The number of hydrogen-bond acceptors (Lipinski definition) is 4. The number of nitrogens with zero attached hydrogens (tertiary/aromatic N) is 1. The van der Waals surface area contributed by atoms with E-state index in [0.29, 0.717) is 37.8 Å². The number of rotatable bonds is 10. The molecule has 0 aliphatic carbocycles. The van der Waals surface area contributed by atoms with E-state index in [0.717, 1.165) is 42.8 Å². The Morgan fingerprint density at radius 2 is 1.66 bits per heavy atom. The SMILES string of the molecule is COCCNC(=O)c1ccc(-c2ccc(OCC3CCN(CC(C)(C)F)CC3)cc2)cc1. The van der Waals surface area contributed by atoms with Gasteiger partial charge >= 0.3 is 0 Å². The van der Waals surface area contributed by atoms with E-state index in [2.05, 4.69) is 10.2 Å². The number of piperidine rings is 1. The molecule has 0 unspecified atom stereocenters. The summed E-state index contributed by atoms with van der Waals surface area (Å²) >= 11 is 0. The van der Waals surface area contributed by atoms with Crippen LogP contribution in [-0.2, 0) is 4.74 Å². The highest BCUT2D eigenvalue weighted by atomic mass is 19.1. The lowest BCUT2D eigenvalue weighted by molar-refractivity contribution is 0.0836. The van der Waals surface area contributed by atoms with Crippen molar-refractivity contribution in [3.05, 3.63) is 54.1 Å². The van der Waals surface area contributed by atoms with Gasteiger partial charge in [0.25, 0.3) is 5.91 Å². The van der Waals surface area contributed by atoms with Crippen molar-refractivity contribution < 1.29 is 18.7 Å². The predicted molar refractivity (Wildman–Crippen MR) is 126 cm³/mol. The minimum Gasteiger partial charge on any atom is -0.493 e. The molecule has 2 aromatic rings. The van der Waals surface area contributed by atoms with E-state index in [1.165, 1.54) is 0 Å². The van der Waals surface area contributed by atoms with Crippen molar-refractivity contribution in [1.82, 2.24) is 10.2 Å². The van der Waals surface area contributed by atoms with Crippen LogP contribution in [0, 0.1) is 5.92 Å². The minimum absolute atomic E-state index is 0.100. The lowest BCUT2D eigenvalue weighted by Gasteiger charge is -2.34. The zero-order chi connectivity index (χ0) is 23.0. The molecular formula is C26H35FN2O3. The van der Waals surface area contributed by atoms with Crippen LogP contribution >= 0.6 is 0 Å². The lowest BCUT2D eigenvalue weighted by atomic mass is 9.97. The van der Waals surface area contributed by atoms with Gasteiger partial charge in [-0.05, 0) is 81.1 Å². The van der Waals surface area contributed by atoms with E-state index in [1.54, 1.807) is 21.0 Å². The van der Waals surface area contributed by atoms with Gasteiger partial charge in [-0.25, -0.2) is 4.39 Å². The Balaban J connectivity index is 1.46. The maximum absolute atomic E-state index is 13.8. The molecule has 0 bridgehead atoms. The van der Waals surface area contributed by atoms with Gasteiger partial charge in [-0.2, -0.15) is 0 Å². The molecule has 0 spiro atoms. The zero-order valence-electron chi connectivity index (χ0n) is 19.4. The molecule has 0 aromatic heterocycles. The summed E-state index contributed by atoms with van der Waals surface area (Å²) in [5.74, 6) is 1.27. The van der Waals surface area contributed by atoms with Crippen LogP contribution in [0.5, 0.6) is 5.75 Å². The summed E-state index contributed by atoms with van der Waals surface area (Å²) in [4.78, 5) is 14.3. The first-order valence-electron chi connectivity index (χ1n) is 11.4. The van der Waals surface area contributed by atoms with Gasteiger partial charge in [0.05, 0.1) is 13.2 Å². The molecule has 32 heavy (non-hydrogen) atoms. The normalized spacial score (nSPS) is 15.5. The van der Waals surface area contributed by atoms with Crippen LogP contribution in [0.3, 0.4) is 0 Å². The molecule has 1 aliphatic rings. The highest BCUT2D eigenvalue weighted by Crippen LogP contribution is 2.25. The Hall–Kier alpha value is -2.44. The Morgan fingerprint density at radius 3 is 2.22 bits per heavy atom. The maximum Gasteiger partial charge on any atom is 0.251 e. The van der Waals surface area contributed by atoms with Crippen molar-refractivity contribution >= 4 is 5.91 Å². The number of likely N-dealkylation sites (tertiary alicyclic amines) is 1. The number of carbonyl (C=O) groups is 1. The Bertz CT molecular complexity index is 839. The van der Waals surface area contributed by atoms with Crippen LogP contribution in [0.25, 0.3) is 11.1 Å². The van der Waals surface area contributed by atoms with E-state index < -0.39 is 5.67 Å². The number of carbonyl (C=O) groups excluding carboxylic acids is 1. The first-order chi connectivity index (χ1) is 15.3. The van der Waals surface area contributed by atoms with Gasteiger partial charge in [0.15, 0.2) is 0 Å². The summed E-state index contributed by atoms with van der Waals surface area (Å²) in [6, 6.07) is 15.6. The molecular weight excluding hydrogens is 407 g/mol. The van der Waals surface area contributed by atoms with Gasteiger partial charge in [0.1, 0.15) is 11.4 Å². The second-order valence-corrected chi connectivity index (χ2v) is 9.10. The summed E-state index contributed by atoms with van der Waals surface area (Å²) in [5, 5.41) is 2.82. The fourth-order valence-corrected chi connectivity index (χ4v) is 3.98. The number of benzene rings is 2. The van der Waals surface area contributed by atoms with Gasteiger partial charge in [-0.1, -0.05) is 24.3 Å². The molecule has 174 valence electrons. The molecule has 1 N–H and O–H groups in total. The molecule has 3 rings (SSSR count). The van der Waals surface area contributed by atoms with Gasteiger partial charge < -0.3 is 19.7 Å². The Morgan fingerprint density at radius 1 is 1.06 bits per heavy atom. The molecule has 1 fully saturated rings. The van der Waals surface area contributed by atoms with Crippen LogP contribution in [0.15, 0.2) is 48.5 Å². The summed E-state index contributed by atoms with van der Waals surface area (Å²) in [7, 11) is 1.61. The van der Waals surface area contributed by atoms with E-state index >= 15 is 0 Å². The molecule has 0 atom stereocenters. The minimum atomic E-state index is -1.14. The molecule has 1 aliphatic heterocycles. The van der Waals surface area contributed by atoms with Gasteiger partial charge in [-0.3, -0.25) is 4.79 Å². The number of halogens is 1. The monoisotopic (exact) mass is 442 g/mol. The topological polar surface area (TPSA) is 50.8 Å². The lowest BCUT2D eigenvalue weighted by Crippen LogP contribution is -2.41. The molecule has 0 radical (unpaired) electrons. The van der Waals surface area contributed by atoms with Crippen molar-refractivity contribution in [3.8, 4) is 16.9 Å². The number of ether oxygens (including phenoxy) is 2. The van der Waals surface area contributed by atoms with Crippen LogP contribution in [0.2, 0.25) is 0 Å². The standard InChI is InChI=1S/C26H35FN2O3/c1-26(2,27)19-29-15-12-20(13-16-29)18-32-24-10-8-22(9-11-24)21-4-6-23(7-5-21)25(30)28-14-17-31-3/h4-11,20H,12-19H2,1-3H3,(H,28,30). The van der Waals surface area contributed by atoms with Crippen molar-refractivity contribution in [2.45, 2.75) is 32.4 Å². The summed E-state index contributed by atoms with van der Waals surface area (Å²) in [6.07, 6.45) is 2.08. The quantitative estimate of drug-likeness (QED) is 0.548. The summed E-state index contributed by atoms with van der Waals surface area (Å²) in [5.41, 5.74) is 1.62. The van der Waals surface area contributed by atoms with E-state index in [9.17, 15) is 9.18 Å². The first kappa shape index (κ1) is 24.2. The average molecular weight is 443 g/mol. The van der Waals surface area contributed by atoms with E-state index in [-0.39, 0.29) is 5.91 Å². The van der Waals surface area contributed by atoms with Crippen LogP contribution in [0.1, 0.15) is 37.0 Å². The maximum atomic E-state index is 13.8. The zero-order valence-corrected chi connectivity index (χ0v) is 19.4. The number of alkyl halides is 1. The fraction of sp³-hybridized carbons (Fsp3) is 0.500. The number of amides is 1. The average Bonchev–Trinajstić information content (AvgIpc) is 2.78. The highest BCUT2D eigenvalue weighted by Gasteiger charge is 2.25. The first-order valence-corrected chi connectivity index (χ1v) is 11.4. The van der Waals surface area contributed by atoms with E-state index in [1.807, 2.05) is 48.5 Å². The molecule has 1 heterocycles. The van der Waals surface area contributed by atoms with Crippen molar-refractivity contribution in [1.29, 1.82) is 0 Å². The number of hydrogen-bond donors (Lipinski definition) is 1. The fourth-order valence-electron chi connectivity index (χ4n) is 3.98. The molecule has 2 aromatic carbocycles. The van der Waals surface area contributed by atoms with Crippen LogP contribution < -0.4 is 10.1 Å². The second kappa shape index (κ2) is 11.4. The largest absolute Gasteiger partial charge is 0.493 e. The molecule has 1 saturated heterocycles. The number of methoxy groups -OCH3 is 1. The molecule has 6 heteroatoms. The van der Waals surface area contributed by atoms with Crippen molar-refractivity contribution in [2.24, 2.45) is 5.92 Å². The van der Waals surface area contributed by atoms with E-state index in [4.69, 9.17) is 9.47 Å². The summed E-state index contributed by atoms with van der Waals surface area (Å²) < 4.78 is 24.8. The van der Waals surface area contributed by atoms with Crippen molar-refractivity contribution in [2.75, 3.05) is 46.5 Å². The summed E-state index contributed by atoms with van der Waals surface area (Å²) in [6.45, 7) is 7.33. The predicted octanol–water partition coefficient (Wildman–Crippen LogP) is 4.57. The molecule has 0 saturated carbocycles. The second-order valence-electron chi connectivity index (χ2n) is 9.10. The van der Waals surface area contributed by atoms with Crippen LogP contribution in [0.4, 0.5) is 4.39 Å². The number of nitrogens with one attached hydrogen (secondary N) is 1. The van der Waals surface area contributed by atoms with Gasteiger partial charge in [-0.15, -0.1) is 0 Å². The highest BCUT2D eigenvalue weighted by molar-refractivity contribution is 5.94. The third-order valence-electron chi connectivity index (χ3n) is 5.72. The third kappa shape index (κ3) is 7.61. The molecule has 1 amide bonds. The van der Waals surface area contributed by atoms with Gasteiger partial charge in [0.2, 0.25) is 0 Å². The Labute approximate surface area is 190 Å². The molecule has 5 nitrogen and oxygen atoms in total. The van der Waals surface area contributed by atoms with Gasteiger partial charge in [0, 0.05) is 25.8 Å².